The lowest BCUT2D eigenvalue weighted by molar-refractivity contribution is -0.133. The van der Waals surface area contributed by atoms with Crippen molar-refractivity contribution in [2.45, 2.75) is 46.1 Å². The molecule has 0 unspecified atom stereocenters. The first-order valence-electron chi connectivity index (χ1n) is 12.0. The predicted molar refractivity (Wildman–Crippen MR) is 130 cm³/mol. The third kappa shape index (κ3) is 5.69. The predicted octanol–water partition coefficient (Wildman–Crippen LogP) is 3.22. The molecule has 0 radical (unpaired) electrons. The van der Waals surface area contributed by atoms with Gasteiger partial charge in [0.1, 0.15) is 0 Å². The van der Waals surface area contributed by atoms with Crippen LogP contribution < -0.4 is 0 Å². The van der Waals surface area contributed by atoms with Crippen LogP contribution in [0.5, 0.6) is 0 Å². The molecule has 0 aliphatic carbocycles. The molecule has 174 valence electrons. The molecule has 2 aliphatic rings. The summed E-state index contributed by atoms with van der Waals surface area (Å²) in [4.78, 5) is 33.5. The zero-order valence-corrected chi connectivity index (χ0v) is 20.3. The molecule has 6 nitrogen and oxygen atoms in total. The highest BCUT2D eigenvalue weighted by molar-refractivity contribution is 7.09. The van der Waals surface area contributed by atoms with Gasteiger partial charge in [-0.2, -0.15) is 0 Å². The monoisotopic (exact) mass is 456 g/mol. The fraction of sp³-hybridized carbons (Fsp3) is 0.600. The van der Waals surface area contributed by atoms with Crippen LogP contribution in [0.25, 0.3) is 0 Å². The first-order chi connectivity index (χ1) is 15.5. The molecule has 0 atom stereocenters. The molecule has 0 N–H and O–H groups in total. The molecule has 2 aliphatic heterocycles. The molecule has 0 bridgehead atoms. The smallest absolute Gasteiger partial charge is 0.236 e. The second-order valence-electron chi connectivity index (χ2n) is 9.18. The van der Waals surface area contributed by atoms with Crippen LogP contribution in [0.15, 0.2) is 23.6 Å². The molecule has 7 heteroatoms. The van der Waals surface area contributed by atoms with Crippen molar-refractivity contribution in [3.8, 4) is 0 Å². The number of Topliss-reactive ketones (excluding diaryl/α,β-unsaturated/α-hetero) is 1. The summed E-state index contributed by atoms with van der Waals surface area (Å²) in [6, 6.07) is 6.32. The van der Waals surface area contributed by atoms with Crippen LogP contribution >= 0.6 is 11.3 Å². The Morgan fingerprint density at radius 3 is 2.28 bits per heavy atom. The van der Waals surface area contributed by atoms with Gasteiger partial charge in [-0.05, 0) is 57.0 Å². The van der Waals surface area contributed by atoms with Crippen LogP contribution in [0.4, 0.5) is 0 Å². The normalized spacial score (nSPS) is 18.2. The van der Waals surface area contributed by atoms with Crippen molar-refractivity contribution in [2.24, 2.45) is 0 Å². The minimum absolute atomic E-state index is 0.207. The van der Waals surface area contributed by atoms with Gasteiger partial charge in [0, 0.05) is 67.6 Å². The molecule has 0 spiro atoms. The van der Waals surface area contributed by atoms with Gasteiger partial charge in [0.15, 0.2) is 5.78 Å². The first-order valence-corrected chi connectivity index (χ1v) is 12.8. The number of rotatable bonds is 8. The van der Waals surface area contributed by atoms with Gasteiger partial charge in [-0.25, -0.2) is 0 Å². The average Bonchev–Trinajstić information content (AvgIpc) is 3.42. The summed E-state index contributed by atoms with van der Waals surface area (Å²) in [6.45, 7) is 11.3. The fourth-order valence-corrected chi connectivity index (χ4v) is 5.63. The number of ketones is 1. The van der Waals surface area contributed by atoms with E-state index >= 15 is 0 Å². The van der Waals surface area contributed by atoms with Crippen LogP contribution in [0.2, 0.25) is 0 Å². The van der Waals surface area contributed by atoms with Gasteiger partial charge >= 0.3 is 0 Å². The minimum atomic E-state index is 0.207. The summed E-state index contributed by atoms with van der Waals surface area (Å²) in [5.74, 6) is 0.475. The molecule has 4 heterocycles. The summed E-state index contributed by atoms with van der Waals surface area (Å²) in [6.07, 6.45) is 4.51. The zero-order valence-electron chi connectivity index (χ0n) is 19.5. The molecule has 0 aromatic carbocycles. The standard InChI is InChI=1S/C25H36N4O2S/c1-20-17-23(21(2)29(20)11-8-22-7-6-16-32-22)24(30)18-26-12-14-27(15-13-26)19-25(31)28-9-4-3-5-10-28/h6-7,16-17H,3-5,8-15,18-19H2,1-2H3. The third-order valence-electron chi connectivity index (χ3n) is 6.94. The summed E-state index contributed by atoms with van der Waals surface area (Å²) >= 11 is 1.79. The maximum Gasteiger partial charge on any atom is 0.236 e. The maximum absolute atomic E-state index is 13.1. The molecule has 2 fully saturated rings. The van der Waals surface area contributed by atoms with Crippen molar-refractivity contribution >= 4 is 23.0 Å². The number of nitrogens with zero attached hydrogens (tertiary/aromatic N) is 4. The molecule has 2 saturated heterocycles. The van der Waals surface area contributed by atoms with Crippen molar-refractivity contribution in [1.82, 2.24) is 19.3 Å². The lowest BCUT2D eigenvalue weighted by Crippen LogP contribution is -2.51. The number of carbonyl (C=O) groups is 2. The van der Waals surface area contributed by atoms with Gasteiger partial charge in [0.2, 0.25) is 5.91 Å². The number of hydrogen-bond donors (Lipinski definition) is 0. The Hall–Kier alpha value is -1.96. The lowest BCUT2D eigenvalue weighted by atomic mass is 10.1. The number of aryl methyl sites for hydroxylation is 2. The van der Waals surface area contributed by atoms with E-state index in [4.69, 9.17) is 0 Å². The number of thiophene rings is 1. The van der Waals surface area contributed by atoms with E-state index in [2.05, 4.69) is 51.8 Å². The van der Waals surface area contributed by atoms with Crippen molar-refractivity contribution in [1.29, 1.82) is 0 Å². The summed E-state index contributed by atoms with van der Waals surface area (Å²) < 4.78 is 2.27. The second kappa shape index (κ2) is 10.8. The number of likely N-dealkylation sites (tertiary alicyclic amines) is 1. The molecule has 32 heavy (non-hydrogen) atoms. The topological polar surface area (TPSA) is 48.8 Å². The summed E-state index contributed by atoms with van der Waals surface area (Å²) in [5, 5.41) is 2.11. The van der Waals surface area contributed by atoms with E-state index in [1.54, 1.807) is 11.3 Å². The van der Waals surface area contributed by atoms with Crippen LogP contribution in [0, 0.1) is 13.8 Å². The van der Waals surface area contributed by atoms with Crippen molar-refractivity contribution < 1.29 is 9.59 Å². The number of amides is 1. The van der Waals surface area contributed by atoms with E-state index in [1.807, 2.05) is 4.90 Å². The van der Waals surface area contributed by atoms with E-state index in [0.29, 0.717) is 13.1 Å². The highest BCUT2D eigenvalue weighted by atomic mass is 32.1. The average molecular weight is 457 g/mol. The largest absolute Gasteiger partial charge is 0.348 e. The first kappa shape index (κ1) is 23.2. The van der Waals surface area contributed by atoms with E-state index in [9.17, 15) is 9.59 Å². The SMILES string of the molecule is Cc1cc(C(=O)CN2CCN(CC(=O)N3CCCCC3)CC2)c(C)n1CCc1cccs1. The second-order valence-corrected chi connectivity index (χ2v) is 10.2. The van der Waals surface area contributed by atoms with Gasteiger partial charge in [0.25, 0.3) is 0 Å². The van der Waals surface area contributed by atoms with Crippen LogP contribution in [0.3, 0.4) is 0 Å². The Morgan fingerprint density at radius 1 is 0.938 bits per heavy atom. The Balaban J connectivity index is 1.26. The Kier molecular flexibility index (Phi) is 7.81. The zero-order chi connectivity index (χ0) is 22.5. The summed E-state index contributed by atoms with van der Waals surface area (Å²) in [7, 11) is 0. The summed E-state index contributed by atoms with van der Waals surface area (Å²) in [5.41, 5.74) is 3.09. The quantitative estimate of drug-likeness (QED) is 0.573. The van der Waals surface area contributed by atoms with E-state index in [0.717, 1.165) is 82.0 Å². The Morgan fingerprint density at radius 2 is 1.62 bits per heavy atom. The molecule has 2 aromatic heterocycles. The number of carbonyl (C=O) groups excluding carboxylic acids is 2. The van der Waals surface area contributed by atoms with Crippen molar-refractivity contribution in [2.75, 3.05) is 52.4 Å². The van der Waals surface area contributed by atoms with E-state index < -0.39 is 0 Å². The van der Waals surface area contributed by atoms with Crippen molar-refractivity contribution in [3.05, 3.63) is 45.4 Å². The molecular formula is C25H36N4O2S. The number of piperazine rings is 1. The molecule has 1 amide bonds. The maximum atomic E-state index is 13.1. The fourth-order valence-electron chi connectivity index (χ4n) is 4.93. The highest BCUT2D eigenvalue weighted by Crippen LogP contribution is 2.19. The molecular weight excluding hydrogens is 420 g/mol. The van der Waals surface area contributed by atoms with E-state index in [-0.39, 0.29) is 11.7 Å². The molecule has 4 rings (SSSR count). The van der Waals surface area contributed by atoms with Crippen LogP contribution in [0.1, 0.15) is 45.9 Å². The molecule has 0 saturated carbocycles. The number of aromatic nitrogens is 1. The third-order valence-corrected chi connectivity index (χ3v) is 7.87. The lowest BCUT2D eigenvalue weighted by Gasteiger charge is -2.35. The van der Waals surface area contributed by atoms with Gasteiger partial charge in [0.05, 0.1) is 13.1 Å². The highest BCUT2D eigenvalue weighted by Gasteiger charge is 2.25. The Bertz CT molecular complexity index is 907. The van der Waals surface area contributed by atoms with Gasteiger partial charge in [-0.15, -0.1) is 11.3 Å². The van der Waals surface area contributed by atoms with Crippen molar-refractivity contribution in [3.63, 3.8) is 0 Å². The molecule has 2 aromatic rings. The van der Waals surface area contributed by atoms with Gasteiger partial charge in [-0.1, -0.05) is 6.07 Å². The van der Waals surface area contributed by atoms with Crippen LogP contribution in [-0.4, -0.2) is 83.3 Å². The number of hydrogen-bond acceptors (Lipinski definition) is 5. The van der Waals surface area contributed by atoms with E-state index in [1.165, 1.54) is 11.3 Å². The Labute approximate surface area is 195 Å². The minimum Gasteiger partial charge on any atom is -0.348 e. The van der Waals surface area contributed by atoms with Gasteiger partial charge in [-0.3, -0.25) is 19.4 Å². The van der Waals surface area contributed by atoms with Gasteiger partial charge < -0.3 is 9.47 Å². The van der Waals surface area contributed by atoms with Crippen LogP contribution in [-0.2, 0) is 17.8 Å². The number of piperidine rings is 1.